The molecule has 0 saturated heterocycles. The first-order valence-electron chi connectivity index (χ1n) is 9.42. The van der Waals surface area contributed by atoms with E-state index in [1.165, 1.54) is 24.3 Å². The van der Waals surface area contributed by atoms with Gasteiger partial charge in [0.15, 0.2) is 22.2 Å². The standard InChI is InChI=1S/C18H17N3O9S3.HI2.2Na/c19-17-15-4-2-1-3-12(15)11-16(31-29-27-22)18(17)21-20-13-5-7-14(8-6-13)33(24,25)10-9-26-32-30-28-23;1-2;;/h1-8,11,22-23H,9-10,19H2;1H;;/q;-1;2*+1/p-2/i;1D;;. The van der Waals surface area contributed by atoms with Gasteiger partial charge in [-0.15, -0.1) is 9.45 Å². The number of nitrogen functional groups attached to an aromatic ring is 1. The summed E-state index contributed by atoms with van der Waals surface area (Å²) in [5.41, 5.74) is 7.17. The second kappa shape index (κ2) is 20.9. The van der Waals surface area contributed by atoms with Crippen LogP contribution in [-0.2, 0) is 32.8 Å². The molecule has 0 unspecified atom stereocenters. The molecular weight excluding hydrogens is 798 g/mol. The van der Waals surface area contributed by atoms with Gasteiger partial charge in [0.25, 0.3) is 0 Å². The third-order valence-electron chi connectivity index (χ3n) is 4.18. The van der Waals surface area contributed by atoms with Crippen molar-refractivity contribution < 1.29 is 119 Å². The van der Waals surface area contributed by atoms with E-state index >= 15 is 0 Å². The van der Waals surface area contributed by atoms with E-state index < -0.39 is 9.84 Å². The molecule has 0 atom stereocenters. The van der Waals surface area contributed by atoms with Gasteiger partial charge in [-0.3, -0.25) is 14.3 Å². The number of azo groups is 1. The van der Waals surface area contributed by atoms with Crippen LogP contribution in [-0.4, -0.2) is 21.4 Å². The molecule has 0 amide bonds. The fourth-order valence-electron chi connectivity index (χ4n) is 2.71. The summed E-state index contributed by atoms with van der Waals surface area (Å²) in [6, 6.07) is 14.7. The molecule has 0 spiro atoms. The van der Waals surface area contributed by atoms with Gasteiger partial charge in [-0.2, -0.15) is 9.45 Å². The second-order valence-corrected chi connectivity index (χ2v) is 9.48. The first kappa shape index (κ1) is 36.2. The monoisotopic (exact) mass is 815 g/mol. The van der Waals surface area contributed by atoms with Gasteiger partial charge in [0.1, 0.15) is 5.69 Å². The summed E-state index contributed by atoms with van der Waals surface area (Å²) in [5, 5.41) is 36.2. The van der Waals surface area contributed by atoms with Gasteiger partial charge < -0.3 is 16.2 Å². The molecule has 12 nitrogen and oxygen atoms in total. The van der Waals surface area contributed by atoms with Crippen molar-refractivity contribution in [3.63, 3.8) is 0 Å². The largest absolute Gasteiger partial charge is 1.00 e. The summed E-state index contributed by atoms with van der Waals surface area (Å²) >= 11 is 2.74. The molecule has 0 aromatic heterocycles. The zero-order valence-electron chi connectivity index (χ0n) is 20.2. The van der Waals surface area contributed by atoms with E-state index in [2.05, 4.69) is 47.6 Å². The Morgan fingerprint density at radius 1 is 1.05 bits per heavy atom. The van der Waals surface area contributed by atoms with Crippen molar-refractivity contribution in [2.24, 2.45) is 10.2 Å². The zero-order chi connectivity index (χ0) is 26.4. The minimum absolute atomic E-state index is 0. The van der Waals surface area contributed by atoms with Crippen molar-refractivity contribution >= 4 is 80.7 Å². The molecule has 0 heterocycles. The average Bonchev–Trinajstić information content (AvgIpc) is 2.87. The number of halogens is 2. The Kier molecular flexibility index (Phi) is 20.5. The van der Waals surface area contributed by atoms with Crippen LogP contribution in [0.4, 0.5) is 17.1 Å². The van der Waals surface area contributed by atoms with E-state index in [1.807, 2.05) is 24.3 Å². The molecule has 192 valence electrons. The van der Waals surface area contributed by atoms with Crippen LogP contribution in [0.25, 0.3) is 10.8 Å². The summed E-state index contributed by atoms with van der Waals surface area (Å²) in [5.74, 6) is -0.348. The van der Waals surface area contributed by atoms with Crippen LogP contribution in [0.1, 0.15) is 0 Å². The molecule has 0 aliphatic heterocycles. The normalized spacial score (nSPS) is 11.4. The first-order valence-corrected chi connectivity index (χ1v) is 18.4. The second-order valence-electron chi connectivity index (χ2n) is 6.12. The zero-order valence-corrected chi connectivity index (χ0v) is 30.0. The minimum Gasteiger partial charge on any atom is 1.00 e. The number of nitrogens with zero attached hydrogens (tertiary/aromatic N) is 2. The van der Waals surface area contributed by atoms with Crippen LogP contribution < -0.4 is 93.8 Å². The van der Waals surface area contributed by atoms with Gasteiger partial charge >= 0.3 is 96.7 Å². The Hall–Kier alpha value is 1.15. The summed E-state index contributed by atoms with van der Waals surface area (Å²) in [4.78, 5) is 0.438. The van der Waals surface area contributed by atoms with Gasteiger partial charge in [-0.05, 0) is 35.7 Å². The average molecular weight is 815 g/mol. The first-order chi connectivity index (χ1) is 17.4. The van der Waals surface area contributed by atoms with Crippen LogP contribution in [0, 0.1) is 0 Å². The third-order valence-corrected chi connectivity index (χ3v) is 6.86. The molecule has 3 aromatic carbocycles. The Bertz CT molecular complexity index is 1250. The molecule has 37 heavy (non-hydrogen) atoms. The summed E-state index contributed by atoms with van der Waals surface area (Å²) in [7, 11) is -3.65. The topological polar surface area (TPSA) is 177 Å². The number of hydrogen-bond acceptors (Lipinski definition) is 14. The number of benzene rings is 3. The Balaban J connectivity index is 0.00000261. The molecule has 3 rings (SSSR count). The summed E-state index contributed by atoms with van der Waals surface area (Å²) in [6.45, 7) is -0.228. The maximum absolute atomic E-state index is 12.3. The molecule has 0 saturated carbocycles. The SMILES string of the molecule is Nc1c(N=Nc2ccc(S(=O)(=O)CCOSOO[O-])cc2)c(SOO[O-])cc2ccccc12.[2H][I-]I.[Na+].[Na+]. The Morgan fingerprint density at radius 3 is 2.35 bits per heavy atom. The number of sulfone groups is 1. The molecule has 0 fully saturated rings. The number of fused-ring (bicyclic) bond motifs is 1. The van der Waals surface area contributed by atoms with E-state index in [1.54, 1.807) is 6.07 Å². The van der Waals surface area contributed by atoms with E-state index in [-0.39, 0.29) is 113 Å². The number of anilines is 1. The van der Waals surface area contributed by atoms with Crippen LogP contribution >= 0.6 is 43.0 Å². The van der Waals surface area contributed by atoms with Gasteiger partial charge in [-0.25, -0.2) is 8.42 Å². The number of rotatable bonds is 12. The molecule has 0 aliphatic rings. The molecule has 19 heteroatoms. The Labute approximate surface area is 289 Å². The van der Waals surface area contributed by atoms with E-state index in [0.29, 0.717) is 28.3 Å². The van der Waals surface area contributed by atoms with Crippen molar-refractivity contribution in [1.29, 1.82) is 0.594 Å². The fourth-order valence-corrected chi connectivity index (χ4v) is 4.62. The maximum Gasteiger partial charge on any atom is 1.00 e. The van der Waals surface area contributed by atoms with E-state index in [0.717, 1.165) is 10.8 Å². The van der Waals surface area contributed by atoms with Crippen molar-refractivity contribution in [3.05, 3.63) is 54.6 Å². The molecule has 0 bridgehead atoms. The van der Waals surface area contributed by atoms with Crippen LogP contribution in [0.2, 0.25) is 0 Å². The summed E-state index contributed by atoms with van der Waals surface area (Å²) < 4.78 is 44.0. The predicted molar refractivity (Wildman–Crippen MR) is 130 cm³/mol. The van der Waals surface area contributed by atoms with Gasteiger partial charge in [0.05, 0.1) is 45.6 Å². The summed E-state index contributed by atoms with van der Waals surface area (Å²) in [6.07, 6.45) is 0. The number of nitrogens with two attached hydrogens (primary N) is 1. The number of hydrogen-bond donors (Lipinski definition) is 1. The van der Waals surface area contributed by atoms with Crippen LogP contribution in [0.15, 0.2) is 74.6 Å². The smallest absolute Gasteiger partial charge is 1.00 e. The molecule has 2 N–H and O–H groups in total. The van der Waals surface area contributed by atoms with Gasteiger partial charge in [0, 0.05) is 5.39 Å². The van der Waals surface area contributed by atoms with Crippen molar-refractivity contribution in [1.82, 2.24) is 0 Å². The van der Waals surface area contributed by atoms with Crippen LogP contribution in [0.5, 0.6) is 0 Å². The quantitative estimate of drug-likeness (QED) is 0.0269. The third kappa shape index (κ3) is 12.3. The van der Waals surface area contributed by atoms with Crippen molar-refractivity contribution in [3.8, 4) is 0 Å². The Morgan fingerprint density at radius 2 is 1.70 bits per heavy atom. The molecular formula is C18H16I2N3Na2O9S3-. The van der Waals surface area contributed by atoms with E-state index in [4.69, 9.17) is 10.5 Å². The molecule has 3 aromatic rings. The van der Waals surface area contributed by atoms with Gasteiger partial charge in [-0.1, -0.05) is 24.3 Å². The maximum atomic E-state index is 12.3. The van der Waals surface area contributed by atoms with Crippen LogP contribution in [0.3, 0.4) is 0 Å². The predicted octanol–water partition coefficient (Wildman–Crippen LogP) is -5.72. The fraction of sp³-hybridized carbons (Fsp3) is 0.111. The van der Waals surface area contributed by atoms with Crippen molar-refractivity contribution in [2.75, 3.05) is 18.1 Å². The van der Waals surface area contributed by atoms with Gasteiger partial charge in [0.2, 0.25) is 0 Å². The van der Waals surface area contributed by atoms with Crippen molar-refractivity contribution in [2.45, 2.75) is 9.79 Å². The molecule has 0 radical (unpaired) electrons. The minimum atomic E-state index is -3.65. The molecule has 0 aliphatic carbocycles. The van der Waals surface area contributed by atoms with E-state index in [9.17, 15) is 18.9 Å².